The maximum Gasteiger partial charge on any atom is 0.306 e. The molecule has 0 spiro atoms. The molecule has 3 rings (SSSR count). The third-order valence-corrected chi connectivity index (χ3v) is 5.80. The highest BCUT2D eigenvalue weighted by molar-refractivity contribution is 7.99. The number of para-hydroxylation sites is 1. The first-order valence-corrected chi connectivity index (χ1v) is 9.87. The van der Waals surface area contributed by atoms with Crippen molar-refractivity contribution in [1.29, 1.82) is 0 Å². The fourth-order valence-corrected chi connectivity index (χ4v) is 4.28. The molecule has 0 atom stereocenters. The summed E-state index contributed by atoms with van der Waals surface area (Å²) in [6.45, 7) is 2.52. The molecule has 0 saturated heterocycles. The lowest BCUT2D eigenvalue weighted by molar-refractivity contribution is -0.140. The number of rotatable bonds is 7. The standard InChI is InChI=1S/C20H23ClN2O2S/c1-22(13-10-20(24)25-2)11-5-12-23-16-6-3-4-7-18(16)26-19-9-8-15(21)14-17(19)23/h3-4,6-9,14H,5,10-13H2,1-2H3. The summed E-state index contributed by atoms with van der Waals surface area (Å²) < 4.78 is 4.70. The Kier molecular flexibility index (Phi) is 6.46. The summed E-state index contributed by atoms with van der Waals surface area (Å²) in [5.74, 6) is -0.164. The van der Waals surface area contributed by atoms with Gasteiger partial charge in [-0.3, -0.25) is 4.79 Å². The zero-order chi connectivity index (χ0) is 18.5. The third-order valence-electron chi connectivity index (χ3n) is 4.43. The molecular formula is C20H23ClN2O2S. The van der Waals surface area contributed by atoms with Gasteiger partial charge in [0.1, 0.15) is 0 Å². The van der Waals surface area contributed by atoms with Gasteiger partial charge >= 0.3 is 5.97 Å². The molecule has 6 heteroatoms. The van der Waals surface area contributed by atoms with Crippen LogP contribution < -0.4 is 4.90 Å². The predicted molar refractivity (Wildman–Crippen MR) is 108 cm³/mol. The minimum absolute atomic E-state index is 0.164. The Morgan fingerprint density at radius 3 is 2.73 bits per heavy atom. The van der Waals surface area contributed by atoms with Gasteiger partial charge in [-0.25, -0.2) is 0 Å². The van der Waals surface area contributed by atoms with E-state index in [4.69, 9.17) is 16.3 Å². The quantitative estimate of drug-likeness (QED) is 0.632. The van der Waals surface area contributed by atoms with E-state index in [-0.39, 0.29) is 5.97 Å². The van der Waals surface area contributed by atoms with E-state index in [1.165, 1.54) is 28.3 Å². The highest BCUT2D eigenvalue weighted by Crippen LogP contribution is 2.48. The Bertz CT molecular complexity index is 784. The number of hydrogen-bond donors (Lipinski definition) is 0. The second kappa shape index (κ2) is 8.80. The topological polar surface area (TPSA) is 32.8 Å². The molecule has 0 fully saturated rings. The maximum absolute atomic E-state index is 11.3. The first-order valence-electron chi connectivity index (χ1n) is 8.68. The van der Waals surface area contributed by atoms with Gasteiger partial charge in [-0.05, 0) is 50.3 Å². The van der Waals surface area contributed by atoms with Gasteiger partial charge in [-0.15, -0.1) is 0 Å². The molecule has 2 aromatic rings. The second-order valence-corrected chi connectivity index (χ2v) is 7.84. The fourth-order valence-electron chi connectivity index (χ4n) is 3.04. The van der Waals surface area contributed by atoms with Crippen molar-refractivity contribution in [3.63, 3.8) is 0 Å². The molecule has 4 nitrogen and oxygen atoms in total. The van der Waals surface area contributed by atoms with Crippen molar-refractivity contribution in [1.82, 2.24) is 4.90 Å². The van der Waals surface area contributed by atoms with Gasteiger partial charge in [-0.2, -0.15) is 0 Å². The zero-order valence-electron chi connectivity index (χ0n) is 15.1. The van der Waals surface area contributed by atoms with Crippen molar-refractivity contribution >= 4 is 40.7 Å². The summed E-state index contributed by atoms with van der Waals surface area (Å²) >= 11 is 8.04. The van der Waals surface area contributed by atoms with Crippen LogP contribution in [0.1, 0.15) is 12.8 Å². The number of anilines is 2. The van der Waals surface area contributed by atoms with E-state index in [9.17, 15) is 4.79 Å². The number of hydrogen-bond acceptors (Lipinski definition) is 5. The lowest BCUT2D eigenvalue weighted by atomic mass is 10.2. The van der Waals surface area contributed by atoms with Crippen molar-refractivity contribution in [2.45, 2.75) is 22.6 Å². The molecule has 26 heavy (non-hydrogen) atoms. The summed E-state index contributed by atoms with van der Waals surface area (Å²) in [4.78, 5) is 18.3. The lowest BCUT2D eigenvalue weighted by Crippen LogP contribution is -2.28. The van der Waals surface area contributed by atoms with Crippen molar-refractivity contribution < 1.29 is 9.53 Å². The smallest absolute Gasteiger partial charge is 0.306 e. The number of esters is 1. The molecule has 0 saturated carbocycles. The summed E-state index contributed by atoms with van der Waals surface area (Å²) in [5, 5.41) is 0.754. The van der Waals surface area contributed by atoms with Gasteiger partial charge in [0.2, 0.25) is 0 Å². The zero-order valence-corrected chi connectivity index (χ0v) is 16.6. The van der Waals surface area contributed by atoms with Crippen molar-refractivity contribution in [3.8, 4) is 0 Å². The van der Waals surface area contributed by atoms with E-state index >= 15 is 0 Å². The van der Waals surface area contributed by atoms with E-state index in [0.29, 0.717) is 13.0 Å². The van der Waals surface area contributed by atoms with Gasteiger partial charge < -0.3 is 14.5 Å². The van der Waals surface area contributed by atoms with Crippen LogP contribution in [0, 0.1) is 0 Å². The Hall–Kier alpha value is -1.69. The molecule has 0 unspecified atom stereocenters. The van der Waals surface area contributed by atoms with E-state index < -0.39 is 0 Å². The number of carbonyl (C=O) groups excluding carboxylic acids is 1. The first-order chi connectivity index (χ1) is 12.6. The van der Waals surface area contributed by atoms with Crippen LogP contribution in [0.2, 0.25) is 5.02 Å². The van der Waals surface area contributed by atoms with Crippen molar-refractivity contribution in [2.75, 3.05) is 38.7 Å². The number of methoxy groups -OCH3 is 1. The molecule has 0 amide bonds. The van der Waals surface area contributed by atoms with E-state index in [2.05, 4.69) is 40.1 Å². The number of benzene rings is 2. The molecule has 1 heterocycles. The van der Waals surface area contributed by atoms with Crippen LogP contribution in [0.25, 0.3) is 0 Å². The second-order valence-electron chi connectivity index (χ2n) is 6.32. The van der Waals surface area contributed by atoms with E-state index in [1.54, 1.807) is 11.8 Å². The summed E-state index contributed by atoms with van der Waals surface area (Å²) in [6.07, 6.45) is 1.41. The minimum Gasteiger partial charge on any atom is -0.469 e. The molecule has 1 aliphatic heterocycles. The molecule has 0 N–H and O–H groups in total. The highest BCUT2D eigenvalue weighted by atomic mass is 35.5. The Labute approximate surface area is 164 Å². The van der Waals surface area contributed by atoms with Crippen molar-refractivity contribution in [2.24, 2.45) is 0 Å². The molecule has 0 radical (unpaired) electrons. The largest absolute Gasteiger partial charge is 0.469 e. The third kappa shape index (κ3) is 4.53. The molecular weight excluding hydrogens is 368 g/mol. The Balaban J connectivity index is 1.67. The number of nitrogens with zero attached hydrogens (tertiary/aromatic N) is 2. The highest BCUT2D eigenvalue weighted by Gasteiger charge is 2.23. The van der Waals surface area contributed by atoms with Gasteiger partial charge in [-0.1, -0.05) is 35.5 Å². The monoisotopic (exact) mass is 390 g/mol. The predicted octanol–water partition coefficient (Wildman–Crippen LogP) is 4.83. The molecule has 2 aromatic carbocycles. The van der Waals surface area contributed by atoms with Crippen LogP contribution in [0.3, 0.4) is 0 Å². The SMILES string of the molecule is COC(=O)CCN(C)CCCN1c2ccccc2Sc2ccc(Cl)cc21. The van der Waals surface area contributed by atoms with Crippen LogP contribution >= 0.6 is 23.4 Å². The van der Waals surface area contributed by atoms with Crippen LogP contribution in [0.4, 0.5) is 11.4 Å². The van der Waals surface area contributed by atoms with Gasteiger partial charge in [0, 0.05) is 27.9 Å². The number of carbonyl (C=O) groups is 1. The number of halogens is 1. The van der Waals surface area contributed by atoms with Gasteiger partial charge in [0.05, 0.1) is 24.9 Å². The van der Waals surface area contributed by atoms with E-state index in [0.717, 1.165) is 24.5 Å². The van der Waals surface area contributed by atoms with E-state index in [1.807, 2.05) is 19.2 Å². The number of fused-ring (bicyclic) bond motifs is 2. The molecule has 0 aromatic heterocycles. The maximum atomic E-state index is 11.3. The van der Waals surface area contributed by atoms with Crippen LogP contribution in [0.5, 0.6) is 0 Å². The Morgan fingerprint density at radius 1 is 1.15 bits per heavy atom. The van der Waals surface area contributed by atoms with Gasteiger partial charge in [0.25, 0.3) is 0 Å². The van der Waals surface area contributed by atoms with Crippen molar-refractivity contribution in [3.05, 3.63) is 47.5 Å². The number of ether oxygens (including phenoxy) is 1. The molecule has 0 bridgehead atoms. The van der Waals surface area contributed by atoms with Crippen LogP contribution in [-0.2, 0) is 9.53 Å². The molecule has 1 aliphatic rings. The fraction of sp³-hybridized carbons (Fsp3) is 0.350. The summed E-state index contributed by atoms with van der Waals surface area (Å²) in [6, 6.07) is 14.5. The molecule has 0 aliphatic carbocycles. The van der Waals surface area contributed by atoms with Crippen LogP contribution in [0.15, 0.2) is 52.3 Å². The van der Waals surface area contributed by atoms with Crippen LogP contribution in [-0.4, -0.2) is 44.7 Å². The summed E-state index contributed by atoms with van der Waals surface area (Å²) in [7, 11) is 3.46. The normalized spacial score (nSPS) is 12.7. The lowest BCUT2D eigenvalue weighted by Gasteiger charge is -2.33. The summed E-state index contributed by atoms with van der Waals surface area (Å²) in [5.41, 5.74) is 2.39. The van der Waals surface area contributed by atoms with Gasteiger partial charge in [0.15, 0.2) is 0 Å². The average molecular weight is 391 g/mol. The molecule has 138 valence electrons. The Morgan fingerprint density at radius 2 is 1.92 bits per heavy atom. The first kappa shape index (κ1) is 19.1. The minimum atomic E-state index is -0.164. The average Bonchev–Trinajstić information content (AvgIpc) is 2.65.